The normalized spacial score (nSPS) is 12.8. The van der Waals surface area contributed by atoms with Gasteiger partial charge in [-0.2, -0.15) is 0 Å². The maximum absolute atomic E-state index is 11.8. The summed E-state index contributed by atoms with van der Waals surface area (Å²) in [4.78, 5) is 15.7. The number of nitrogens with one attached hydrogen (secondary N) is 1. The molecule has 0 radical (unpaired) electrons. The third kappa shape index (κ3) is 2.96. The smallest absolute Gasteiger partial charge is 0.262 e. The molecule has 1 amide bonds. The predicted octanol–water partition coefficient (Wildman–Crippen LogP) is 2.59. The Hall–Kier alpha value is -2.36. The van der Waals surface area contributed by atoms with Crippen LogP contribution >= 0.6 is 0 Å². The van der Waals surface area contributed by atoms with Crippen LogP contribution < -0.4 is 10.1 Å². The van der Waals surface area contributed by atoms with Crippen molar-refractivity contribution in [3.8, 4) is 5.75 Å². The molecule has 4 nitrogen and oxygen atoms in total. The molecule has 1 aromatic heterocycles. The Kier molecular flexibility index (Phi) is 3.63. The van der Waals surface area contributed by atoms with Crippen LogP contribution in [-0.4, -0.2) is 17.5 Å². The number of hydrogen-bond donors (Lipinski definition) is 1. The van der Waals surface area contributed by atoms with E-state index in [9.17, 15) is 4.79 Å². The molecule has 0 fully saturated rings. The Morgan fingerprint density at radius 1 is 1.25 bits per heavy atom. The van der Waals surface area contributed by atoms with Crippen LogP contribution in [0.4, 0.5) is 5.69 Å². The molecule has 2 aromatic rings. The van der Waals surface area contributed by atoms with Crippen LogP contribution in [0.1, 0.15) is 17.5 Å². The summed E-state index contributed by atoms with van der Waals surface area (Å²) in [7, 11) is 0. The standard InChI is InChI=1S/C16H16N2O2/c19-16(18-14-5-2-8-17-10-14)11-20-15-7-6-12-3-1-4-13(12)9-15/h2,5-10H,1,3-4,11H2,(H,18,19). The van der Waals surface area contributed by atoms with Crippen molar-refractivity contribution in [2.75, 3.05) is 11.9 Å². The first kappa shape index (κ1) is 12.7. The number of aryl methyl sites for hydroxylation is 2. The lowest BCUT2D eigenvalue weighted by Crippen LogP contribution is -2.20. The van der Waals surface area contributed by atoms with E-state index in [0.29, 0.717) is 5.69 Å². The summed E-state index contributed by atoms with van der Waals surface area (Å²) in [5.41, 5.74) is 3.42. The van der Waals surface area contributed by atoms with Crippen molar-refractivity contribution in [2.24, 2.45) is 0 Å². The number of nitrogens with zero attached hydrogens (tertiary/aromatic N) is 1. The number of carbonyl (C=O) groups is 1. The van der Waals surface area contributed by atoms with Crippen LogP contribution in [0.2, 0.25) is 0 Å². The highest BCUT2D eigenvalue weighted by Gasteiger charge is 2.11. The Morgan fingerprint density at radius 3 is 3.00 bits per heavy atom. The zero-order valence-electron chi connectivity index (χ0n) is 11.1. The zero-order chi connectivity index (χ0) is 13.8. The number of fused-ring (bicyclic) bond motifs is 1. The second-order valence-corrected chi connectivity index (χ2v) is 4.86. The number of pyridine rings is 1. The van der Waals surface area contributed by atoms with Gasteiger partial charge in [-0.05, 0) is 54.7 Å². The van der Waals surface area contributed by atoms with Gasteiger partial charge in [0.05, 0.1) is 11.9 Å². The van der Waals surface area contributed by atoms with Crippen molar-refractivity contribution in [3.63, 3.8) is 0 Å². The Balaban J connectivity index is 1.55. The molecule has 1 aromatic carbocycles. The van der Waals surface area contributed by atoms with Crippen molar-refractivity contribution in [1.29, 1.82) is 0 Å². The number of carbonyl (C=O) groups excluding carboxylic acids is 1. The fraction of sp³-hybridized carbons (Fsp3) is 0.250. The maximum Gasteiger partial charge on any atom is 0.262 e. The topological polar surface area (TPSA) is 51.2 Å². The van der Waals surface area contributed by atoms with Gasteiger partial charge in [0.15, 0.2) is 6.61 Å². The highest BCUT2D eigenvalue weighted by Crippen LogP contribution is 2.25. The molecule has 1 N–H and O–H groups in total. The average molecular weight is 268 g/mol. The lowest BCUT2D eigenvalue weighted by Gasteiger charge is -2.08. The Morgan fingerprint density at radius 2 is 2.15 bits per heavy atom. The largest absolute Gasteiger partial charge is 0.484 e. The van der Waals surface area contributed by atoms with Crippen molar-refractivity contribution in [3.05, 3.63) is 53.9 Å². The highest BCUT2D eigenvalue weighted by atomic mass is 16.5. The van der Waals surface area contributed by atoms with Gasteiger partial charge in [0.2, 0.25) is 0 Å². The molecule has 0 spiro atoms. The summed E-state index contributed by atoms with van der Waals surface area (Å²) in [5.74, 6) is 0.575. The number of rotatable bonds is 4. The van der Waals surface area contributed by atoms with Crippen molar-refractivity contribution < 1.29 is 9.53 Å². The van der Waals surface area contributed by atoms with E-state index in [1.165, 1.54) is 17.5 Å². The van der Waals surface area contributed by atoms with Crippen molar-refractivity contribution in [1.82, 2.24) is 4.98 Å². The van der Waals surface area contributed by atoms with Gasteiger partial charge in [-0.15, -0.1) is 0 Å². The van der Waals surface area contributed by atoms with E-state index in [0.717, 1.165) is 18.6 Å². The van der Waals surface area contributed by atoms with Gasteiger partial charge in [-0.25, -0.2) is 0 Å². The molecule has 1 aliphatic rings. The van der Waals surface area contributed by atoms with E-state index in [1.54, 1.807) is 24.5 Å². The quantitative estimate of drug-likeness (QED) is 0.927. The van der Waals surface area contributed by atoms with Crippen LogP contribution in [-0.2, 0) is 17.6 Å². The lowest BCUT2D eigenvalue weighted by molar-refractivity contribution is -0.118. The van der Waals surface area contributed by atoms with E-state index < -0.39 is 0 Å². The monoisotopic (exact) mass is 268 g/mol. The number of aromatic nitrogens is 1. The molecular formula is C16H16N2O2. The molecule has 0 unspecified atom stereocenters. The van der Waals surface area contributed by atoms with Crippen molar-refractivity contribution >= 4 is 11.6 Å². The second-order valence-electron chi connectivity index (χ2n) is 4.86. The summed E-state index contributed by atoms with van der Waals surface area (Å²) < 4.78 is 5.53. The molecule has 4 heteroatoms. The third-order valence-electron chi connectivity index (χ3n) is 3.39. The number of ether oxygens (including phenoxy) is 1. The molecule has 0 saturated heterocycles. The first-order chi connectivity index (χ1) is 9.81. The molecular weight excluding hydrogens is 252 g/mol. The maximum atomic E-state index is 11.8. The van der Waals surface area contributed by atoms with Crippen LogP contribution in [0.5, 0.6) is 5.75 Å². The van der Waals surface area contributed by atoms with E-state index >= 15 is 0 Å². The van der Waals surface area contributed by atoms with E-state index in [4.69, 9.17) is 4.74 Å². The molecule has 1 aliphatic carbocycles. The summed E-state index contributed by atoms with van der Waals surface area (Å²) in [5, 5.41) is 2.74. The summed E-state index contributed by atoms with van der Waals surface area (Å²) in [6, 6.07) is 9.63. The van der Waals surface area contributed by atoms with Crippen LogP contribution in [0.3, 0.4) is 0 Å². The van der Waals surface area contributed by atoms with E-state index in [1.807, 2.05) is 12.1 Å². The zero-order valence-corrected chi connectivity index (χ0v) is 11.1. The minimum atomic E-state index is -0.182. The van der Waals surface area contributed by atoms with Crippen LogP contribution in [0.25, 0.3) is 0 Å². The minimum Gasteiger partial charge on any atom is -0.484 e. The molecule has 20 heavy (non-hydrogen) atoms. The van der Waals surface area contributed by atoms with E-state index in [2.05, 4.69) is 16.4 Å². The van der Waals surface area contributed by atoms with Crippen LogP contribution in [0, 0.1) is 0 Å². The number of benzene rings is 1. The molecule has 0 bridgehead atoms. The fourth-order valence-corrected chi connectivity index (χ4v) is 2.42. The number of hydrogen-bond acceptors (Lipinski definition) is 3. The predicted molar refractivity (Wildman–Crippen MR) is 76.8 cm³/mol. The molecule has 0 atom stereocenters. The van der Waals surface area contributed by atoms with Crippen molar-refractivity contribution in [2.45, 2.75) is 19.3 Å². The van der Waals surface area contributed by atoms with E-state index in [-0.39, 0.29) is 12.5 Å². The Labute approximate surface area is 117 Å². The first-order valence-electron chi connectivity index (χ1n) is 6.76. The summed E-state index contributed by atoms with van der Waals surface area (Å²) in [6.07, 6.45) is 6.73. The second kappa shape index (κ2) is 5.74. The summed E-state index contributed by atoms with van der Waals surface area (Å²) >= 11 is 0. The molecule has 0 saturated carbocycles. The van der Waals surface area contributed by atoms with Gasteiger partial charge in [-0.1, -0.05) is 6.07 Å². The van der Waals surface area contributed by atoms with Gasteiger partial charge in [0.25, 0.3) is 5.91 Å². The molecule has 0 aliphatic heterocycles. The third-order valence-corrected chi connectivity index (χ3v) is 3.39. The summed E-state index contributed by atoms with van der Waals surface area (Å²) in [6.45, 7) is 0.00762. The lowest BCUT2D eigenvalue weighted by atomic mass is 10.1. The van der Waals surface area contributed by atoms with Gasteiger partial charge in [0, 0.05) is 6.20 Å². The van der Waals surface area contributed by atoms with Gasteiger partial charge in [-0.3, -0.25) is 9.78 Å². The highest BCUT2D eigenvalue weighted by molar-refractivity contribution is 5.91. The number of amides is 1. The first-order valence-corrected chi connectivity index (χ1v) is 6.76. The Bertz CT molecular complexity index is 611. The number of anilines is 1. The molecule has 1 heterocycles. The minimum absolute atomic E-state index is 0.00762. The fourth-order valence-electron chi connectivity index (χ4n) is 2.42. The molecule has 102 valence electrons. The SMILES string of the molecule is O=C(COc1ccc2c(c1)CCC2)Nc1cccnc1. The molecule has 3 rings (SSSR count). The van der Waals surface area contributed by atoms with Gasteiger partial charge < -0.3 is 10.1 Å². The van der Waals surface area contributed by atoms with Gasteiger partial charge in [0.1, 0.15) is 5.75 Å². The van der Waals surface area contributed by atoms with Gasteiger partial charge >= 0.3 is 0 Å². The van der Waals surface area contributed by atoms with Crippen LogP contribution in [0.15, 0.2) is 42.7 Å². The average Bonchev–Trinajstić information content (AvgIpc) is 2.93.